The van der Waals surface area contributed by atoms with Crippen molar-refractivity contribution in [1.82, 2.24) is 30.7 Å². The van der Waals surface area contributed by atoms with Crippen LogP contribution in [-0.4, -0.2) is 92.3 Å². The maximum Gasteiger partial charge on any atom is 0.405 e. The second kappa shape index (κ2) is 18.3. The Balaban J connectivity index is 1.58. The Morgan fingerprint density at radius 1 is 0.923 bits per heavy atom. The quantitative estimate of drug-likeness (QED) is 0.130. The average Bonchev–Trinajstić information content (AvgIpc) is 3.67. The number of amides is 5. The molecule has 0 bridgehead atoms. The molecule has 1 saturated heterocycles. The lowest BCUT2D eigenvalue weighted by atomic mass is 9.85. The van der Waals surface area contributed by atoms with E-state index < -0.39 is 47.7 Å². The molecule has 13 heteroatoms. The number of nitrogens with one attached hydrogen (secondary N) is 3. The molecule has 1 aromatic heterocycles. The van der Waals surface area contributed by atoms with Gasteiger partial charge in [0, 0.05) is 30.2 Å². The van der Waals surface area contributed by atoms with Crippen LogP contribution in [0.1, 0.15) is 68.5 Å². The van der Waals surface area contributed by atoms with Gasteiger partial charge in [-0.05, 0) is 48.6 Å². The van der Waals surface area contributed by atoms with Gasteiger partial charge in [0.25, 0.3) is 0 Å². The number of benzene rings is 2. The minimum atomic E-state index is -1.32. The van der Waals surface area contributed by atoms with Crippen LogP contribution in [0.3, 0.4) is 0 Å². The third-order valence-electron chi connectivity index (χ3n) is 9.61. The van der Waals surface area contributed by atoms with Gasteiger partial charge in [-0.3, -0.25) is 9.59 Å². The van der Waals surface area contributed by atoms with Crippen molar-refractivity contribution in [2.75, 3.05) is 13.1 Å². The Morgan fingerprint density at radius 2 is 1.54 bits per heavy atom. The Morgan fingerprint density at radius 3 is 2.08 bits per heavy atom. The minimum Gasteiger partial charge on any atom is -0.465 e. The predicted octanol–water partition coefficient (Wildman–Crippen LogP) is 4.99. The topological polar surface area (TPSA) is 164 Å². The molecule has 52 heavy (non-hydrogen) atoms. The maximum absolute atomic E-state index is 14.3. The molecule has 5 N–H and O–H groups in total. The van der Waals surface area contributed by atoms with Crippen molar-refractivity contribution >= 4 is 35.3 Å². The highest BCUT2D eigenvalue weighted by molar-refractivity contribution is 7.11. The highest BCUT2D eigenvalue weighted by Gasteiger charge is 2.41. The van der Waals surface area contributed by atoms with Gasteiger partial charge in [-0.25, -0.2) is 14.6 Å². The second-order valence-electron chi connectivity index (χ2n) is 14.8. The Labute approximate surface area is 311 Å². The number of carboxylic acid groups (broad SMARTS) is 1. The molecular formula is C39H54N6O6S. The van der Waals surface area contributed by atoms with Crippen LogP contribution in [0.5, 0.6) is 0 Å². The first-order valence-corrected chi connectivity index (χ1v) is 18.8. The minimum absolute atomic E-state index is 0.0863. The molecule has 2 heterocycles. The number of hydrogen-bond donors (Lipinski definition) is 5. The molecule has 4 rings (SSSR count). The molecule has 12 nitrogen and oxygen atoms in total. The summed E-state index contributed by atoms with van der Waals surface area (Å²) in [6.07, 6.45) is 0.769. The van der Waals surface area contributed by atoms with Gasteiger partial charge in [-0.2, -0.15) is 0 Å². The highest BCUT2D eigenvalue weighted by Crippen LogP contribution is 2.25. The van der Waals surface area contributed by atoms with Crippen molar-refractivity contribution in [2.24, 2.45) is 11.3 Å². The van der Waals surface area contributed by atoms with E-state index in [2.05, 4.69) is 20.9 Å². The van der Waals surface area contributed by atoms with Gasteiger partial charge in [0.1, 0.15) is 12.1 Å². The number of rotatable bonds is 17. The number of aromatic nitrogens is 1. The van der Waals surface area contributed by atoms with Gasteiger partial charge in [0.05, 0.1) is 23.7 Å². The zero-order valence-corrected chi connectivity index (χ0v) is 31.9. The Kier molecular flexibility index (Phi) is 14.2. The van der Waals surface area contributed by atoms with Crippen molar-refractivity contribution in [3.8, 4) is 0 Å². The lowest BCUT2D eigenvalue weighted by Gasteiger charge is -2.35. The number of urea groups is 1. The molecule has 0 saturated carbocycles. The van der Waals surface area contributed by atoms with Gasteiger partial charge in [-0.15, -0.1) is 11.3 Å². The molecule has 2 aromatic carbocycles. The smallest absolute Gasteiger partial charge is 0.405 e. The second-order valence-corrected chi connectivity index (χ2v) is 16.1. The molecule has 282 valence electrons. The van der Waals surface area contributed by atoms with Crippen LogP contribution in [0.2, 0.25) is 0 Å². The van der Waals surface area contributed by atoms with Crippen LogP contribution in [0, 0.1) is 18.3 Å². The first-order valence-electron chi connectivity index (χ1n) is 18.0. The number of carbonyl (C=O) groups excluding carboxylic acids is 3. The summed E-state index contributed by atoms with van der Waals surface area (Å²) in [5, 5.41) is 30.8. The standard InChI is InChI=1S/C39H54N6O6S/c1-7-25(2)33(45-19-18-44(38(45)51)24-30-23-40-26(3)52-30)35(47)41-29(20-27-14-10-8-11-15-27)22-32(46)31(21-28-16-12-9-13-17-28)42-36(48)34(39(4,5)6)43-37(49)50/h8-17,23,25,29,31-34,43,46H,7,18-22,24H2,1-6H3,(H,41,47)(H,42,48)(H,49,50)/t25?,29-,31-,32+,33-,34+/m0/s1. The summed E-state index contributed by atoms with van der Waals surface area (Å²) in [6.45, 7) is 12.5. The molecule has 1 fully saturated rings. The first-order chi connectivity index (χ1) is 24.7. The number of aliphatic hydroxyl groups is 1. The van der Waals surface area contributed by atoms with Gasteiger partial charge < -0.3 is 36.0 Å². The van der Waals surface area contributed by atoms with Gasteiger partial charge in [0.15, 0.2) is 0 Å². The molecule has 1 aliphatic rings. The zero-order chi connectivity index (χ0) is 38.0. The third kappa shape index (κ3) is 11.3. The van der Waals surface area contributed by atoms with Crippen LogP contribution < -0.4 is 16.0 Å². The summed E-state index contributed by atoms with van der Waals surface area (Å²) in [6, 6.07) is 15.7. The van der Waals surface area contributed by atoms with E-state index in [4.69, 9.17) is 0 Å². The first kappa shape index (κ1) is 40.3. The number of carbonyl (C=O) groups is 4. The monoisotopic (exact) mass is 734 g/mol. The number of hydrogen-bond acceptors (Lipinski definition) is 7. The maximum atomic E-state index is 14.3. The molecule has 5 amide bonds. The normalized spacial score (nSPS) is 16.8. The summed E-state index contributed by atoms with van der Waals surface area (Å²) in [5.41, 5.74) is 1.07. The molecule has 1 unspecified atom stereocenters. The van der Waals surface area contributed by atoms with E-state index in [0.29, 0.717) is 32.5 Å². The number of aliphatic hydroxyl groups excluding tert-OH is 1. The van der Waals surface area contributed by atoms with Crippen LogP contribution in [0.15, 0.2) is 66.9 Å². The van der Waals surface area contributed by atoms with E-state index in [9.17, 15) is 29.4 Å². The Bertz CT molecular complexity index is 1630. The summed E-state index contributed by atoms with van der Waals surface area (Å²) >= 11 is 1.55. The van der Waals surface area contributed by atoms with Crippen molar-refractivity contribution < 1.29 is 29.4 Å². The van der Waals surface area contributed by atoms with E-state index in [0.717, 1.165) is 21.0 Å². The van der Waals surface area contributed by atoms with Crippen LogP contribution in [0.4, 0.5) is 9.59 Å². The largest absolute Gasteiger partial charge is 0.465 e. The van der Waals surface area contributed by atoms with Gasteiger partial charge in [-0.1, -0.05) is 102 Å². The summed E-state index contributed by atoms with van der Waals surface area (Å²) in [5.74, 6) is -0.993. The fraction of sp³-hybridized carbons (Fsp3) is 0.513. The highest BCUT2D eigenvalue weighted by atomic mass is 32.1. The van der Waals surface area contributed by atoms with Crippen LogP contribution in [0.25, 0.3) is 0 Å². The third-order valence-corrected chi connectivity index (χ3v) is 10.5. The van der Waals surface area contributed by atoms with Gasteiger partial charge in [0.2, 0.25) is 11.8 Å². The molecule has 1 aliphatic heterocycles. The fourth-order valence-corrected chi connectivity index (χ4v) is 7.46. The molecular weight excluding hydrogens is 681 g/mol. The fourth-order valence-electron chi connectivity index (χ4n) is 6.65. The van der Waals surface area contributed by atoms with E-state index in [1.165, 1.54) is 0 Å². The van der Waals surface area contributed by atoms with E-state index in [1.54, 1.807) is 48.1 Å². The van der Waals surface area contributed by atoms with Crippen molar-refractivity contribution in [2.45, 2.75) is 104 Å². The van der Waals surface area contributed by atoms with Crippen molar-refractivity contribution in [1.29, 1.82) is 0 Å². The molecule has 0 aliphatic carbocycles. The average molecular weight is 735 g/mol. The lowest BCUT2D eigenvalue weighted by Crippen LogP contribution is -2.58. The number of thiazole rings is 1. The molecule has 0 radical (unpaired) electrons. The molecule has 0 spiro atoms. The van der Waals surface area contributed by atoms with E-state index in [1.807, 2.05) is 81.4 Å². The lowest BCUT2D eigenvalue weighted by molar-refractivity contribution is -0.129. The van der Waals surface area contributed by atoms with E-state index >= 15 is 0 Å². The van der Waals surface area contributed by atoms with Crippen molar-refractivity contribution in [3.63, 3.8) is 0 Å². The van der Waals surface area contributed by atoms with Gasteiger partial charge >= 0.3 is 12.1 Å². The predicted molar refractivity (Wildman–Crippen MR) is 202 cm³/mol. The zero-order valence-electron chi connectivity index (χ0n) is 31.0. The Hall–Kier alpha value is -4.49. The number of aryl methyl sites for hydroxylation is 1. The molecule has 3 aromatic rings. The summed E-state index contributed by atoms with van der Waals surface area (Å²) in [7, 11) is 0. The van der Waals surface area contributed by atoms with E-state index in [-0.39, 0.29) is 30.7 Å². The summed E-state index contributed by atoms with van der Waals surface area (Å²) in [4.78, 5) is 62.0. The molecule has 6 atom stereocenters. The number of nitrogens with zero attached hydrogens (tertiary/aromatic N) is 3. The van der Waals surface area contributed by atoms with Crippen molar-refractivity contribution in [3.05, 3.63) is 87.9 Å². The SMILES string of the molecule is CCC(C)[C@@H](C(=O)N[C@@H](Cc1ccccc1)C[C@@H](O)[C@H](Cc1ccccc1)NC(=O)[C@@H](NC(=O)O)C(C)(C)C)N1CCN(Cc2cnc(C)s2)C1=O. The van der Waals surface area contributed by atoms with Crippen LogP contribution in [-0.2, 0) is 29.0 Å². The summed E-state index contributed by atoms with van der Waals surface area (Å²) < 4.78 is 0. The van der Waals surface area contributed by atoms with Crippen LogP contribution >= 0.6 is 11.3 Å².